The van der Waals surface area contributed by atoms with Crippen LogP contribution in [0.5, 0.6) is 11.5 Å². The third-order valence-corrected chi connectivity index (χ3v) is 12.8. The van der Waals surface area contributed by atoms with Crippen LogP contribution < -0.4 is 25.0 Å². The maximum atomic E-state index is 14.0. The number of hydrogen-bond acceptors (Lipinski definition) is 17. The number of aromatic nitrogens is 3. The number of Topliss-reactive ketones (excluding diaryl/α,β-unsaturated/α-hetero) is 1. The molecular weight excluding hydrogens is 907 g/mol. The van der Waals surface area contributed by atoms with Crippen molar-refractivity contribution in [1.82, 2.24) is 30.5 Å². The summed E-state index contributed by atoms with van der Waals surface area (Å²) in [4.78, 5) is 58.5. The number of carbonyl (C=O) groups excluding carboxylic acids is 3. The minimum atomic E-state index is -0.843. The molecule has 0 spiro atoms. The van der Waals surface area contributed by atoms with Crippen molar-refractivity contribution in [1.29, 1.82) is 0 Å². The van der Waals surface area contributed by atoms with Gasteiger partial charge in [0.25, 0.3) is 6.01 Å². The molecule has 2 amide bonds. The zero-order chi connectivity index (χ0) is 48.6. The molecular formula is C50H65N7O11S. The van der Waals surface area contributed by atoms with Crippen molar-refractivity contribution < 1.29 is 52.3 Å². The van der Waals surface area contributed by atoms with Crippen molar-refractivity contribution in [2.75, 3.05) is 97.1 Å². The molecule has 19 heteroatoms. The van der Waals surface area contributed by atoms with Gasteiger partial charge in [0.1, 0.15) is 42.9 Å². The van der Waals surface area contributed by atoms with E-state index in [2.05, 4.69) is 30.5 Å². The fraction of sp³-hybridized carbons (Fsp3) is 0.520. The van der Waals surface area contributed by atoms with Gasteiger partial charge in [-0.1, -0.05) is 45.0 Å². The van der Waals surface area contributed by atoms with Gasteiger partial charge in [0, 0.05) is 64.1 Å². The van der Waals surface area contributed by atoms with E-state index in [1.54, 1.807) is 17.5 Å². The van der Waals surface area contributed by atoms with Crippen LogP contribution in [0, 0.1) is 18.3 Å². The van der Waals surface area contributed by atoms with E-state index in [0.717, 1.165) is 64.7 Å². The fourth-order valence-electron chi connectivity index (χ4n) is 8.00. The molecule has 69 heavy (non-hydrogen) atoms. The highest BCUT2D eigenvalue weighted by molar-refractivity contribution is 7.13. The first kappa shape index (κ1) is 51.3. The van der Waals surface area contributed by atoms with Crippen LogP contribution in [0.15, 0.2) is 70.7 Å². The number of hydrogen-bond donors (Lipinski definition) is 3. The molecule has 3 atom stereocenters. The van der Waals surface area contributed by atoms with Crippen LogP contribution in [0.1, 0.15) is 50.6 Å². The van der Waals surface area contributed by atoms with Crippen LogP contribution >= 0.6 is 11.3 Å². The summed E-state index contributed by atoms with van der Waals surface area (Å²) in [6, 6.07) is 17.0. The molecule has 0 radical (unpaired) electrons. The van der Waals surface area contributed by atoms with Crippen LogP contribution in [-0.4, -0.2) is 147 Å². The van der Waals surface area contributed by atoms with Gasteiger partial charge in [-0.15, -0.1) is 11.3 Å². The highest BCUT2D eigenvalue weighted by Gasteiger charge is 2.44. The second-order valence-electron chi connectivity index (χ2n) is 18.1. The number of aliphatic hydroxyl groups is 1. The second-order valence-corrected chi connectivity index (χ2v) is 19.0. The molecule has 0 bridgehead atoms. The lowest BCUT2D eigenvalue weighted by molar-refractivity contribution is -0.146. The number of thiazole rings is 1. The first-order valence-corrected chi connectivity index (χ1v) is 24.4. The lowest BCUT2D eigenvalue weighted by atomic mass is 9.77. The highest BCUT2D eigenvalue weighted by atomic mass is 32.1. The van der Waals surface area contributed by atoms with Gasteiger partial charge in [-0.2, -0.15) is 4.98 Å². The Morgan fingerprint density at radius 1 is 0.884 bits per heavy atom. The Hall–Kier alpha value is -5.54. The lowest BCUT2D eigenvalue weighted by Gasteiger charge is -2.34. The number of pyridine rings is 1. The molecule has 2 aliphatic heterocycles. The molecule has 7 rings (SSSR count). The summed E-state index contributed by atoms with van der Waals surface area (Å²) in [6.45, 7) is 14.3. The highest BCUT2D eigenvalue weighted by Crippen LogP contribution is 2.34. The van der Waals surface area contributed by atoms with Crippen molar-refractivity contribution >= 4 is 46.0 Å². The molecule has 2 fully saturated rings. The number of carbonyl (C=O) groups is 3. The Labute approximate surface area is 407 Å². The van der Waals surface area contributed by atoms with Gasteiger partial charge >= 0.3 is 0 Å². The van der Waals surface area contributed by atoms with Gasteiger partial charge in [-0.05, 0) is 47.7 Å². The number of fused-ring (bicyclic) bond motifs is 1. The molecule has 5 aromatic rings. The summed E-state index contributed by atoms with van der Waals surface area (Å²) in [5.41, 5.74) is 6.40. The number of amides is 2. The zero-order valence-corrected chi connectivity index (χ0v) is 40.8. The van der Waals surface area contributed by atoms with Crippen molar-refractivity contribution in [3.8, 4) is 21.9 Å². The molecule has 0 unspecified atom stereocenters. The Balaban J connectivity index is 0.700. The number of likely N-dealkylation sites (tertiary alicyclic amines) is 1. The van der Waals surface area contributed by atoms with Gasteiger partial charge in [-0.3, -0.25) is 19.4 Å². The smallest absolute Gasteiger partial charge is 0.298 e. The molecule has 3 N–H and O–H groups in total. The Bertz CT molecular complexity index is 2400. The van der Waals surface area contributed by atoms with Crippen molar-refractivity contribution in [2.45, 2.75) is 65.8 Å². The number of aliphatic hydroxyl groups excluding tert-OH is 1. The second kappa shape index (κ2) is 25.4. The minimum Gasteiger partial charge on any atom is -0.490 e. The first-order chi connectivity index (χ1) is 33.4. The minimum absolute atomic E-state index is 0.0246. The van der Waals surface area contributed by atoms with Crippen LogP contribution in [0.4, 0.5) is 6.01 Å². The maximum absolute atomic E-state index is 14.0. The van der Waals surface area contributed by atoms with Crippen LogP contribution in [0.25, 0.3) is 21.5 Å². The number of piperazine rings is 1. The van der Waals surface area contributed by atoms with E-state index in [9.17, 15) is 19.5 Å². The molecule has 3 aromatic heterocycles. The molecule has 372 valence electrons. The standard InChI is InChI=1S/C50H65N7O11S/c1-34-46(69-33-54-34)36-7-5-35(6-8-36)28-53-47(60)44-26-38(58)30-57(44)48(61)42(50(2,3)4)25-39(59)32-65-22-21-63-18-17-62-19-20-64-23-24-66-41-10-9-37(52-29-41)31-67-40-11-12-45-43(27-40)55-49(68-45)56-15-13-51-14-16-56/h5-12,27,29,33,38,42,44,51,58H,13-26,28,30-32H2,1-4H3,(H,53,60)/t38-,42-,44+/m1/s1. The largest absolute Gasteiger partial charge is 0.490 e. The van der Waals surface area contributed by atoms with E-state index in [4.69, 9.17) is 32.8 Å². The Morgan fingerprint density at radius 3 is 2.25 bits per heavy atom. The topological polar surface area (TPSA) is 209 Å². The number of β-amino-alcohol motifs (C(OH)–C–C–N with tert-alkyl or cyclic N) is 1. The SMILES string of the molecule is Cc1ncsc1-c1ccc(CNC(=O)[C@@H]2C[C@@H](O)CN2C(=O)[C@@H](CC(=O)COCCOCCOCCOCCOc2ccc(COc3ccc4oc(N5CCNCC5)nc4c3)nc2)C(C)(C)C)cc1. The van der Waals surface area contributed by atoms with Gasteiger partial charge in [0.05, 0.1) is 80.3 Å². The van der Waals surface area contributed by atoms with Crippen LogP contribution in [-0.2, 0) is 46.5 Å². The lowest BCUT2D eigenvalue weighted by Crippen LogP contribution is -2.50. The summed E-state index contributed by atoms with van der Waals surface area (Å²) in [5, 5.41) is 16.8. The molecule has 18 nitrogen and oxygen atoms in total. The molecule has 2 aromatic carbocycles. The monoisotopic (exact) mass is 971 g/mol. The van der Waals surface area contributed by atoms with Gasteiger partial charge in [0.2, 0.25) is 11.8 Å². The van der Waals surface area contributed by atoms with Gasteiger partial charge in [-0.25, -0.2) is 4.98 Å². The summed E-state index contributed by atoms with van der Waals surface area (Å²) < 4.78 is 40.0. The Kier molecular flexibility index (Phi) is 18.9. The van der Waals surface area contributed by atoms with E-state index >= 15 is 0 Å². The molecule has 2 saturated heterocycles. The average Bonchev–Trinajstić information content (AvgIpc) is 4.10. The third-order valence-electron chi connectivity index (χ3n) is 11.9. The number of aryl methyl sites for hydroxylation is 1. The van der Waals surface area contributed by atoms with Crippen molar-refractivity contribution in [3.63, 3.8) is 0 Å². The molecule has 0 saturated carbocycles. The van der Waals surface area contributed by atoms with Crippen molar-refractivity contribution in [3.05, 3.63) is 83.3 Å². The summed E-state index contributed by atoms with van der Waals surface area (Å²) in [6.07, 6.45) is 0.889. The van der Waals surface area contributed by atoms with E-state index in [-0.39, 0.29) is 63.3 Å². The zero-order valence-electron chi connectivity index (χ0n) is 40.0. The van der Waals surface area contributed by atoms with Crippen LogP contribution in [0.2, 0.25) is 0 Å². The number of nitrogens with one attached hydrogen (secondary N) is 2. The van der Waals surface area contributed by atoms with E-state index in [0.29, 0.717) is 63.8 Å². The number of benzene rings is 2. The van der Waals surface area contributed by atoms with E-state index in [1.807, 2.05) is 87.8 Å². The third kappa shape index (κ3) is 15.2. The number of anilines is 1. The molecule has 5 heterocycles. The Morgan fingerprint density at radius 2 is 1.58 bits per heavy atom. The number of ketones is 1. The predicted octanol–water partition coefficient (Wildman–Crippen LogP) is 4.99. The van der Waals surface area contributed by atoms with Gasteiger partial charge in [0.15, 0.2) is 11.4 Å². The summed E-state index contributed by atoms with van der Waals surface area (Å²) >= 11 is 1.58. The number of ether oxygens (including phenoxy) is 6. The van der Waals surface area contributed by atoms with E-state index < -0.39 is 23.5 Å². The molecule has 0 aliphatic carbocycles. The number of oxazole rings is 1. The number of nitrogens with zero attached hydrogens (tertiary/aromatic N) is 5. The first-order valence-electron chi connectivity index (χ1n) is 23.6. The maximum Gasteiger partial charge on any atom is 0.298 e. The summed E-state index contributed by atoms with van der Waals surface area (Å²) in [5.74, 6) is -0.305. The average molecular weight is 972 g/mol. The normalized spacial score (nSPS) is 16.8. The van der Waals surface area contributed by atoms with Crippen molar-refractivity contribution in [2.24, 2.45) is 11.3 Å². The predicted molar refractivity (Wildman–Crippen MR) is 259 cm³/mol. The summed E-state index contributed by atoms with van der Waals surface area (Å²) in [7, 11) is 0. The van der Waals surface area contributed by atoms with Crippen LogP contribution in [0.3, 0.4) is 0 Å². The van der Waals surface area contributed by atoms with Gasteiger partial charge < -0.3 is 58.4 Å². The number of rotatable bonds is 26. The quantitative estimate of drug-likeness (QED) is 0.0624. The fourth-order valence-corrected chi connectivity index (χ4v) is 8.81. The van der Waals surface area contributed by atoms with E-state index in [1.165, 1.54) is 4.90 Å². The molecule has 2 aliphatic rings.